The molecule has 4 heteroatoms. The van der Waals surface area contributed by atoms with Gasteiger partial charge in [0.25, 0.3) is 0 Å². The van der Waals surface area contributed by atoms with E-state index in [4.69, 9.17) is 9.47 Å². The summed E-state index contributed by atoms with van der Waals surface area (Å²) in [6.07, 6.45) is -0.0330. The summed E-state index contributed by atoms with van der Waals surface area (Å²) in [6.45, 7) is 5.24. The van der Waals surface area contributed by atoms with Gasteiger partial charge in [-0.25, -0.2) is 0 Å². The lowest BCUT2D eigenvalue weighted by atomic mass is 9.97. The number of aliphatic hydroxyl groups is 1. The van der Waals surface area contributed by atoms with E-state index >= 15 is 0 Å². The average molecular weight is 191 g/mol. The topological polar surface area (TPSA) is 50.7 Å². The van der Waals surface area contributed by atoms with Crippen LogP contribution in [0.4, 0.5) is 0 Å². The molecule has 2 atom stereocenters. The van der Waals surface area contributed by atoms with Crippen LogP contribution in [0.3, 0.4) is 0 Å². The third-order valence-corrected chi connectivity index (χ3v) is 2.41. The Kier molecular flexibility index (Phi) is 6.24. The molecule has 0 aliphatic heterocycles. The molecule has 0 aliphatic carbocycles. The smallest absolute Gasteiger partial charge is 0.0744 e. The summed E-state index contributed by atoms with van der Waals surface area (Å²) in [5.41, 5.74) is -0.396. The summed E-state index contributed by atoms with van der Waals surface area (Å²) in [7, 11) is 3.29. The largest absolute Gasteiger partial charge is 0.394 e. The van der Waals surface area contributed by atoms with Crippen LogP contribution in [0.5, 0.6) is 0 Å². The van der Waals surface area contributed by atoms with E-state index in [1.54, 1.807) is 14.2 Å². The first-order chi connectivity index (χ1) is 6.10. The molecule has 0 radical (unpaired) electrons. The van der Waals surface area contributed by atoms with Crippen LogP contribution in [-0.4, -0.2) is 50.7 Å². The third-order valence-electron chi connectivity index (χ3n) is 2.41. The molecule has 0 amide bonds. The highest BCUT2D eigenvalue weighted by Gasteiger charge is 2.29. The van der Waals surface area contributed by atoms with Gasteiger partial charge < -0.3 is 19.9 Å². The van der Waals surface area contributed by atoms with Gasteiger partial charge in [-0.3, -0.25) is 0 Å². The van der Waals surface area contributed by atoms with E-state index in [1.807, 2.05) is 13.8 Å². The van der Waals surface area contributed by atoms with E-state index in [0.717, 1.165) is 0 Å². The zero-order valence-electron chi connectivity index (χ0n) is 8.96. The molecule has 0 bridgehead atoms. The number of hydrogen-bond acceptors (Lipinski definition) is 4. The molecular weight excluding hydrogens is 170 g/mol. The summed E-state index contributed by atoms with van der Waals surface area (Å²) >= 11 is 0. The SMILES string of the molecule is COCCNC(C)(CO)C(C)OC. The highest BCUT2D eigenvalue weighted by molar-refractivity contribution is 4.88. The number of hydrogen-bond donors (Lipinski definition) is 2. The first-order valence-corrected chi connectivity index (χ1v) is 4.48. The fourth-order valence-electron chi connectivity index (χ4n) is 1.03. The van der Waals surface area contributed by atoms with E-state index in [-0.39, 0.29) is 12.7 Å². The van der Waals surface area contributed by atoms with Crippen LogP contribution in [0.15, 0.2) is 0 Å². The maximum Gasteiger partial charge on any atom is 0.0744 e. The van der Waals surface area contributed by atoms with Gasteiger partial charge in [-0.15, -0.1) is 0 Å². The zero-order chi connectivity index (χ0) is 10.3. The molecule has 0 saturated carbocycles. The Morgan fingerprint density at radius 2 is 2.08 bits per heavy atom. The monoisotopic (exact) mass is 191 g/mol. The first kappa shape index (κ1) is 12.8. The molecule has 80 valence electrons. The van der Waals surface area contributed by atoms with Crippen molar-refractivity contribution in [1.29, 1.82) is 0 Å². The van der Waals surface area contributed by atoms with Crippen molar-refractivity contribution in [2.24, 2.45) is 0 Å². The fourth-order valence-corrected chi connectivity index (χ4v) is 1.03. The highest BCUT2D eigenvalue weighted by atomic mass is 16.5. The number of rotatable bonds is 7. The number of methoxy groups -OCH3 is 2. The summed E-state index contributed by atoms with van der Waals surface area (Å²) < 4.78 is 10.1. The Hall–Kier alpha value is -0.160. The van der Waals surface area contributed by atoms with Crippen molar-refractivity contribution in [2.45, 2.75) is 25.5 Å². The standard InChI is InChI=1S/C9H21NO3/c1-8(13-4)9(2,7-11)10-5-6-12-3/h8,10-11H,5-7H2,1-4H3. The minimum Gasteiger partial charge on any atom is -0.394 e. The predicted octanol–water partition coefficient (Wildman–Crippen LogP) is 0.00830. The van der Waals surface area contributed by atoms with Gasteiger partial charge in [0.2, 0.25) is 0 Å². The summed E-state index contributed by atoms with van der Waals surface area (Å²) in [4.78, 5) is 0. The van der Waals surface area contributed by atoms with Crippen LogP contribution in [0.2, 0.25) is 0 Å². The Morgan fingerprint density at radius 3 is 2.46 bits per heavy atom. The van der Waals surface area contributed by atoms with Crippen molar-refractivity contribution >= 4 is 0 Å². The van der Waals surface area contributed by atoms with Crippen LogP contribution >= 0.6 is 0 Å². The quantitative estimate of drug-likeness (QED) is 0.557. The van der Waals surface area contributed by atoms with Gasteiger partial charge in [-0.2, -0.15) is 0 Å². The Labute approximate surface area is 80.2 Å². The first-order valence-electron chi connectivity index (χ1n) is 4.48. The number of nitrogens with one attached hydrogen (secondary N) is 1. The van der Waals surface area contributed by atoms with Crippen molar-refractivity contribution in [3.8, 4) is 0 Å². The van der Waals surface area contributed by atoms with Crippen LogP contribution in [0.25, 0.3) is 0 Å². The molecule has 0 aromatic carbocycles. The summed E-state index contributed by atoms with van der Waals surface area (Å²) in [5.74, 6) is 0. The maximum absolute atomic E-state index is 9.20. The second kappa shape index (κ2) is 6.32. The fraction of sp³-hybridized carbons (Fsp3) is 1.00. The molecule has 0 aliphatic rings. The molecule has 0 aromatic heterocycles. The normalized spacial score (nSPS) is 18.2. The molecule has 0 rings (SSSR count). The van der Waals surface area contributed by atoms with Crippen LogP contribution < -0.4 is 5.32 Å². The number of ether oxygens (including phenoxy) is 2. The predicted molar refractivity (Wildman–Crippen MR) is 51.8 cm³/mol. The third kappa shape index (κ3) is 4.04. The second-order valence-corrected chi connectivity index (χ2v) is 3.37. The Bertz CT molecular complexity index is 132. The van der Waals surface area contributed by atoms with Crippen molar-refractivity contribution < 1.29 is 14.6 Å². The van der Waals surface area contributed by atoms with E-state index < -0.39 is 5.54 Å². The maximum atomic E-state index is 9.20. The van der Waals surface area contributed by atoms with Crippen molar-refractivity contribution in [2.75, 3.05) is 34.0 Å². The number of aliphatic hydroxyl groups excluding tert-OH is 1. The van der Waals surface area contributed by atoms with Crippen molar-refractivity contribution in [1.82, 2.24) is 5.32 Å². The van der Waals surface area contributed by atoms with Crippen LogP contribution in [0, 0.1) is 0 Å². The van der Waals surface area contributed by atoms with E-state index in [2.05, 4.69) is 5.32 Å². The van der Waals surface area contributed by atoms with Gasteiger partial charge in [-0.1, -0.05) is 0 Å². The molecule has 0 fully saturated rings. The molecule has 2 unspecified atom stereocenters. The van der Waals surface area contributed by atoms with Crippen LogP contribution in [0.1, 0.15) is 13.8 Å². The van der Waals surface area contributed by atoms with E-state index in [1.165, 1.54) is 0 Å². The molecule has 4 nitrogen and oxygen atoms in total. The molecule has 13 heavy (non-hydrogen) atoms. The van der Waals surface area contributed by atoms with Gasteiger partial charge in [0.05, 0.1) is 24.9 Å². The van der Waals surface area contributed by atoms with Crippen molar-refractivity contribution in [3.05, 3.63) is 0 Å². The summed E-state index contributed by atoms with van der Waals surface area (Å²) in [5, 5.41) is 12.4. The van der Waals surface area contributed by atoms with E-state index in [0.29, 0.717) is 13.2 Å². The molecule has 0 aromatic rings. The van der Waals surface area contributed by atoms with Crippen molar-refractivity contribution in [3.63, 3.8) is 0 Å². The second-order valence-electron chi connectivity index (χ2n) is 3.37. The van der Waals surface area contributed by atoms with Gasteiger partial charge in [-0.05, 0) is 13.8 Å². The molecule has 0 heterocycles. The molecule has 0 spiro atoms. The molecule has 0 saturated heterocycles. The summed E-state index contributed by atoms with van der Waals surface area (Å²) in [6, 6.07) is 0. The highest BCUT2D eigenvalue weighted by Crippen LogP contribution is 2.11. The molecule has 2 N–H and O–H groups in total. The van der Waals surface area contributed by atoms with Gasteiger partial charge >= 0.3 is 0 Å². The van der Waals surface area contributed by atoms with E-state index in [9.17, 15) is 5.11 Å². The zero-order valence-corrected chi connectivity index (χ0v) is 8.96. The average Bonchev–Trinajstić information content (AvgIpc) is 2.16. The minimum atomic E-state index is -0.396. The van der Waals surface area contributed by atoms with Crippen LogP contribution in [-0.2, 0) is 9.47 Å². The van der Waals surface area contributed by atoms with Gasteiger partial charge in [0.1, 0.15) is 0 Å². The Balaban J connectivity index is 3.95. The van der Waals surface area contributed by atoms with Gasteiger partial charge in [0, 0.05) is 20.8 Å². The lowest BCUT2D eigenvalue weighted by Gasteiger charge is -2.34. The lowest BCUT2D eigenvalue weighted by molar-refractivity contribution is 0.00537. The molecular formula is C9H21NO3. The lowest BCUT2D eigenvalue weighted by Crippen LogP contribution is -2.55. The minimum absolute atomic E-state index is 0.0330. The Morgan fingerprint density at radius 1 is 1.46 bits per heavy atom. The van der Waals surface area contributed by atoms with Gasteiger partial charge in [0.15, 0.2) is 0 Å².